The van der Waals surface area contributed by atoms with Gasteiger partial charge in [0.1, 0.15) is 5.60 Å². The zero-order valence-electron chi connectivity index (χ0n) is 10.4. The highest BCUT2D eigenvalue weighted by atomic mass is 16.6. The summed E-state index contributed by atoms with van der Waals surface area (Å²) in [5.41, 5.74) is 3.43. The Hall–Kier alpha value is -1.36. The van der Waals surface area contributed by atoms with Crippen molar-refractivity contribution in [2.75, 3.05) is 0 Å². The van der Waals surface area contributed by atoms with Gasteiger partial charge in [0.05, 0.1) is 0 Å². The van der Waals surface area contributed by atoms with Gasteiger partial charge >= 0.3 is 11.9 Å². The van der Waals surface area contributed by atoms with E-state index < -0.39 is 29.0 Å². The smallest absolute Gasteiger partial charge is 0.325 e. The maximum atomic E-state index is 12.1. The van der Waals surface area contributed by atoms with Crippen LogP contribution in [0.3, 0.4) is 0 Å². The van der Waals surface area contributed by atoms with Crippen LogP contribution in [0.15, 0.2) is 12.2 Å². The van der Waals surface area contributed by atoms with Gasteiger partial charge in [0.2, 0.25) is 0 Å². The van der Waals surface area contributed by atoms with Gasteiger partial charge < -0.3 is 15.6 Å². The maximum absolute atomic E-state index is 12.1. The van der Waals surface area contributed by atoms with Crippen molar-refractivity contribution in [1.82, 2.24) is 0 Å². The number of carboxylic acids is 1. The molecule has 0 aromatic carbocycles. The molecule has 0 radical (unpaired) electrons. The number of esters is 1. The molecule has 3 N–H and O–H groups in total. The predicted molar refractivity (Wildman–Crippen MR) is 62.3 cm³/mol. The van der Waals surface area contributed by atoms with Gasteiger partial charge in [-0.2, -0.15) is 0 Å². The lowest BCUT2D eigenvalue weighted by atomic mass is 9.73. The molecule has 5 heteroatoms. The van der Waals surface area contributed by atoms with Gasteiger partial charge in [0.25, 0.3) is 0 Å². The van der Waals surface area contributed by atoms with E-state index in [1.165, 1.54) is 0 Å². The van der Waals surface area contributed by atoms with Crippen LogP contribution in [-0.2, 0) is 14.3 Å². The number of carbonyl (C=O) groups is 2. The Kier molecular flexibility index (Phi) is 3.62. The molecule has 1 aliphatic rings. The van der Waals surface area contributed by atoms with E-state index >= 15 is 0 Å². The molecule has 0 saturated heterocycles. The number of hydrogen-bond donors (Lipinski definition) is 2. The van der Waals surface area contributed by atoms with Gasteiger partial charge in [0.15, 0.2) is 5.41 Å². The van der Waals surface area contributed by atoms with Gasteiger partial charge in [-0.3, -0.25) is 9.59 Å². The SMILES string of the molecule is CC(C)(C)OC(=O)[C@]1(C(=O)O)CC=CC[C@@H]1N. The topological polar surface area (TPSA) is 89.6 Å². The van der Waals surface area contributed by atoms with Crippen LogP contribution in [0.4, 0.5) is 0 Å². The fraction of sp³-hybridized carbons (Fsp3) is 0.667. The van der Waals surface area contributed by atoms with Gasteiger partial charge in [-0.05, 0) is 33.6 Å². The standard InChI is InChI=1S/C12H19NO4/c1-11(2,3)17-10(16)12(9(14)15)7-5-4-6-8(12)13/h4-5,8H,6-7,13H2,1-3H3,(H,14,15)/t8-,12+/m0/s1. The predicted octanol–water partition coefficient (Wildman–Crippen LogP) is 1.08. The Bertz CT molecular complexity index is 356. The van der Waals surface area contributed by atoms with E-state index in [9.17, 15) is 14.7 Å². The van der Waals surface area contributed by atoms with Crippen molar-refractivity contribution in [3.63, 3.8) is 0 Å². The lowest BCUT2D eigenvalue weighted by molar-refractivity contribution is -0.178. The lowest BCUT2D eigenvalue weighted by Gasteiger charge is -2.36. The first-order valence-electron chi connectivity index (χ1n) is 5.57. The molecule has 96 valence electrons. The minimum atomic E-state index is -1.65. The largest absolute Gasteiger partial charge is 0.480 e. The molecule has 0 fully saturated rings. The van der Waals surface area contributed by atoms with E-state index in [4.69, 9.17) is 10.5 Å². The number of aliphatic carboxylic acids is 1. The molecule has 0 saturated carbocycles. The number of carboxylic acid groups (broad SMARTS) is 1. The molecule has 0 aromatic heterocycles. The molecule has 0 unspecified atom stereocenters. The molecule has 0 bridgehead atoms. The van der Waals surface area contributed by atoms with Crippen molar-refractivity contribution in [2.45, 2.75) is 45.3 Å². The van der Waals surface area contributed by atoms with Crippen LogP contribution in [0.1, 0.15) is 33.6 Å². The van der Waals surface area contributed by atoms with Gasteiger partial charge in [-0.25, -0.2) is 0 Å². The molecule has 0 heterocycles. The number of rotatable bonds is 2. The third kappa shape index (κ3) is 2.66. The maximum Gasteiger partial charge on any atom is 0.325 e. The van der Waals surface area contributed by atoms with E-state index in [2.05, 4.69) is 0 Å². The second-order valence-electron chi connectivity index (χ2n) is 5.30. The first-order chi connectivity index (χ1) is 7.70. The normalized spacial score (nSPS) is 28.8. The molecular formula is C12H19NO4. The first kappa shape index (κ1) is 13.7. The highest BCUT2D eigenvalue weighted by Gasteiger charge is 2.53. The zero-order chi connectivity index (χ0) is 13.3. The summed E-state index contributed by atoms with van der Waals surface area (Å²) in [6.45, 7) is 5.10. The van der Waals surface area contributed by atoms with E-state index in [0.29, 0.717) is 6.42 Å². The Morgan fingerprint density at radius 3 is 2.41 bits per heavy atom. The second-order valence-corrected chi connectivity index (χ2v) is 5.30. The number of nitrogens with two attached hydrogens (primary N) is 1. The molecule has 1 rings (SSSR count). The quantitative estimate of drug-likeness (QED) is 0.429. The number of carbonyl (C=O) groups excluding carboxylic acids is 1. The van der Waals surface area contributed by atoms with Crippen LogP contribution in [0, 0.1) is 5.41 Å². The molecule has 1 aliphatic carbocycles. The van der Waals surface area contributed by atoms with Gasteiger partial charge in [-0.1, -0.05) is 12.2 Å². The summed E-state index contributed by atoms with van der Waals surface area (Å²) in [6.07, 6.45) is 3.90. The summed E-state index contributed by atoms with van der Waals surface area (Å²) in [6, 6.07) is -0.750. The molecule has 2 atom stereocenters. The zero-order valence-corrected chi connectivity index (χ0v) is 10.4. The average Bonchev–Trinajstić information content (AvgIpc) is 2.15. The highest BCUT2D eigenvalue weighted by Crippen LogP contribution is 2.35. The van der Waals surface area contributed by atoms with Crippen LogP contribution in [0.2, 0.25) is 0 Å². The number of allylic oxidation sites excluding steroid dienone is 1. The Morgan fingerprint density at radius 1 is 1.41 bits per heavy atom. The fourth-order valence-electron chi connectivity index (χ4n) is 1.80. The van der Waals surface area contributed by atoms with Crippen molar-refractivity contribution in [2.24, 2.45) is 11.1 Å². The van der Waals surface area contributed by atoms with E-state index in [0.717, 1.165) is 0 Å². The molecule has 17 heavy (non-hydrogen) atoms. The third-order valence-corrected chi connectivity index (χ3v) is 2.77. The Balaban J connectivity index is 3.04. The highest BCUT2D eigenvalue weighted by molar-refractivity contribution is 6.00. The molecule has 5 nitrogen and oxygen atoms in total. The van der Waals surface area contributed by atoms with E-state index in [1.54, 1.807) is 32.9 Å². The van der Waals surface area contributed by atoms with Gasteiger partial charge in [-0.15, -0.1) is 0 Å². The van der Waals surface area contributed by atoms with Crippen molar-refractivity contribution in [3.05, 3.63) is 12.2 Å². The van der Waals surface area contributed by atoms with E-state index in [1.807, 2.05) is 0 Å². The Labute approximate surface area is 101 Å². The summed E-state index contributed by atoms with van der Waals surface area (Å²) in [5.74, 6) is -1.97. The molecule has 0 aromatic rings. The molecule has 0 spiro atoms. The Morgan fingerprint density at radius 2 is 2.00 bits per heavy atom. The van der Waals surface area contributed by atoms with Crippen molar-refractivity contribution < 1.29 is 19.4 Å². The number of hydrogen-bond acceptors (Lipinski definition) is 4. The summed E-state index contributed by atoms with van der Waals surface area (Å²) in [4.78, 5) is 23.5. The van der Waals surface area contributed by atoms with Crippen molar-refractivity contribution >= 4 is 11.9 Å². The summed E-state index contributed by atoms with van der Waals surface area (Å²) in [5, 5.41) is 9.31. The second kappa shape index (κ2) is 4.49. The summed E-state index contributed by atoms with van der Waals surface area (Å²) in [7, 11) is 0. The van der Waals surface area contributed by atoms with Crippen molar-refractivity contribution in [3.8, 4) is 0 Å². The van der Waals surface area contributed by atoms with Crippen LogP contribution in [-0.4, -0.2) is 28.7 Å². The number of ether oxygens (including phenoxy) is 1. The summed E-state index contributed by atoms with van der Waals surface area (Å²) >= 11 is 0. The molecule has 0 amide bonds. The lowest BCUT2D eigenvalue weighted by Crippen LogP contribution is -2.55. The third-order valence-electron chi connectivity index (χ3n) is 2.77. The first-order valence-corrected chi connectivity index (χ1v) is 5.57. The van der Waals surface area contributed by atoms with Crippen molar-refractivity contribution in [1.29, 1.82) is 0 Å². The van der Waals surface area contributed by atoms with Gasteiger partial charge in [0, 0.05) is 6.04 Å². The molecular weight excluding hydrogens is 222 g/mol. The minimum Gasteiger partial charge on any atom is -0.480 e. The monoisotopic (exact) mass is 241 g/mol. The van der Waals surface area contributed by atoms with Crippen LogP contribution < -0.4 is 5.73 Å². The minimum absolute atomic E-state index is 0.0818. The fourth-order valence-corrected chi connectivity index (χ4v) is 1.80. The molecule has 0 aliphatic heterocycles. The van der Waals surface area contributed by atoms with Crippen LogP contribution >= 0.6 is 0 Å². The van der Waals surface area contributed by atoms with Crippen LogP contribution in [0.25, 0.3) is 0 Å². The van der Waals surface area contributed by atoms with E-state index in [-0.39, 0.29) is 6.42 Å². The average molecular weight is 241 g/mol. The van der Waals surface area contributed by atoms with Crippen LogP contribution in [0.5, 0.6) is 0 Å². The summed E-state index contributed by atoms with van der Waals surface area (Å²) < 4.78 is 5.18.